The summed E-state index contributed by atoms with van der Waals surface area (Å²) >= 11 is 0. The Kier molecular flexibility index (Phi) is 1.48. The number of carbonyl (C=O) groups excluding carboxylic acids is 1. The maximum Gasteiger partial charge on any atom is 0.224 e. The van der Waals surface area contributed by atoms with Crippen molar-refractivity contribution < 1.29 is 4.79 Å². The number of hydrogen-bond acceptors (Lipinski definition) is 2. The second kappa shape index (κ2) is 2.13. The Morgan fingerprint density at radius 2 is 2.62 bits per heavy atom. The molecule has 0 spiro atoms. The molecule has 0 saturated carbocycles. The van der Waals surface area contributed by atoms with Gasteiger partial charge in [0.05, 0.1) is 5.92 Å². The van der Waals surface area contributed by atoms with Crippen LogP contribution in [-0.4, -0.2) is 19.0 Å². The Labute approximate surface area is 48.2 Å². The fourth-order valence-corrected chi connectivity index (χ4v) is 0.870. The lowest BCUT2D eigenvalue weighted by molar-refractivity contribution is -0.122. The highest BCUT2D eigenvalue weighted by Crippen LogP contribution is 2.05. The first-order valence-corrected chi connectivity index (χ1v) is 2.82. The lowest BCUT2D eigenvalue weighted by Gasteiger charge is -1.97. The molecule has 0 bridgehead atoms. The number of hydrogen-bond donors (Lipinski definition) is 2. The van der Waals surface area contributed by atoms with E-state index in [-0.39, 0.29) is 11.8 Å². The minimum atomic E-state index is 0.0926. The lowest BCUT2D eigenvalue weighted by Crippen LogP contribution is -2.24. The fourth-order valence-electron chi connectivity index (χ4n) is 0.870. The van der Waals surface area contributed by atoms with Crippen LogP contribution in [0.5, 0.6) is 0 Å². The number of nitrogens with two attached hydrogens (primary N) is 1. The zero-order chi connectivity index (χ0) is 5.98. The maximum absolute atomic E-state index is 10.6. The molecular formula is C5H10N2O. The van der Waals surface area contributed by atoms with E-state index in [1.165, 1.54) is 0 Å². The van der Waals surface area contributed by atoms with Crippen LogP contribution in [0.3, 0.4) is 0 Å². The van der Waals surface area contributed by atoms with Crippen LogP contribution in [0.2, 0.25) is 0 Å². The summed E-state index contributed by atoms with van der Waals surface area (Å²) in [6.07, 6.45) is 0.912. The molecule has 1 fully saturated rings. The third-order valence-electron chi connectivity index (χ3n) is 1.45. The molecule has 1 atom stereocenters. The van der Waals surface area contributed by atoms with Crippen molar-refractivity contribution in [3.8, 4) is 0 Å². The molecule has 1 rings (SSSR count). The molecule has 3 N–H and O–H groups in total. The molecule has 3 nitrogen and oxygen atoms in total. The number of carbonyl (C=O) groups is 1. The smallest absolute Gasteiger partial charge is 0.224 e. The van der Waals surface area contributed by atoms with Gasteiger partial charge in [0.15, 0.2) is 0 Å². The van der Waals surface area contributed by atoms with E-state index in [0.717, 1.165) is 13.0 Å². The Balaban J connectivity index is 2.42. The van der Waals surface area contributed by atoms with Gasteiger partial charge in [0.25, 0.3) is 0 Å². The van der Waals surface area contributed by atoms with Crippen molar-refractivity contribution in [3.05, 3.63) is 0 Å². The highest BCUT2D eigenvalue weighted by Gasteiger charge is 2.21. The van der Waals surface area contributed by atoms with Crippen LogP contribution >= 0.6 is 0 Å². The number of nitrogens with one attached hydrogen (secondary N) is 1. The van der Waals surface area contributed by atoms with Crippen molar-refractivity contribution in [3.63, 3.8) is 0 Å². The van der Waals surface area contributed by atoms with Crippen molar-refractivity contribution in [1.82, 2.24) is 5.32 Å². The van der Waals surface area contributed by atoms with Crippen molar-refractivity contribution in [2.45, 2.75) is 6.42 Å². The normalized spacial score (nSPS) is 28.1. The third kappa shape index (κ3) is 0.816. The largest absolute Gasteiger partial charge is 0.356 e. The average molecular weight is 114 g/mol. The average Bonchev–Trinajstić information content (AvgIpc) is 2.14. The van der Waals surface area contributed by atoms with E-state index >= 15 is 0 Å². The molecule has 3 heteroatoms. The first-order valence-electron chi connectivity index (χ1n) is 2.82. The molecule has 0 aromatic heterocycles. The van der Waals surface area contributed by atoms with E-state index in [1.54, 1.807) is 0 Å². The predicted molar refractivity (Wildman–Crippen MR) is 30.2 cm³/mol. The Hall–Kier alpha value is -0.570. The second-order valence-electron chi connectivity index (χ2n) is 2.01. The van der Waals surface area contributed by atoms with Crippen LogP contribution in [0.4, 0.5) is 0 Å². The number of amides is 1. The van der Waals surface area contributed by atoms with Gasteiger partial charge in [-0.2, -0.15) is 0 Å². The van der Waals surface area contributed by atoms with E-state index < -0.39 is 0 Å². The molecule has 1 heterocycles. The van der Waals surface area contributed by atoms with E-state index in [0.29, 0.717) is 6.54 Å². The summed E-state index contributed by atoms with van der Waals surface area (Å²) in [5, 5.41) is 2.70. The summed E-state index contributed by atoms with van der Waals surface area (Å²) < 4.78 is 0. The first-order chi connectivity index (χ1) is 3.84. The zero-order valence-corrected chi connectivity index (χ0v) is 4.68. The molecule has 1 aliphatic rings. The predicted octanol–water partition coefficient (Wildman–Crippen LogP) is -0.919. The van der Waals surface area contributed by atoms with Crippen LogP contribution in [-0.2, 0) is 4.79 Å². The molecule has 1 aliphatic heterocycles. The molecule has 1 saturated heterocycles. The first kappa shape index (κ1) is 5.56. The molecule has 0 radical (unpaired) electrons. The van der Waals surface area contributed by atoms with Gasteiger partial charge < -0.3 is 11.1 Å². The summed E-state index contributed by atoms with van der Waals surface area (Å²) in [5.41, 5.74) is 5.26. The summed E-state index contributed by atoms with van der Waals surface area (Å²) in [6.45, 7) is 1.30. The van der Waals surface area contributed by atoms with Crippen LogP contribution in [0.1, 0.15) is 6.42 Å². The molecule has 1 unspecified atom stereocenters. The van der Waals surface area contributed by atoms with E-state index in [1.807, 2.05) is 0 Å². The van der Waals surface area contributed by atoms with Gasteiger partial charge in [-0.3, -0.25) is 4.79 Å². The quantitative estimate of drug-likeness (QED) is 0.463. The monoisotopic (exact) mass is 114 g/mol. The summed E-state index contributed by atoms with van der Waals surface area (Å²) in [7, 11) is 0. The molecule has 0 aromatic carbocycles. The van der Waals surface area contributed by atoms with Gasteiger partial charge in [-0.15, -0.1) is 0 Å². The fraction of sp³-hybridized carbons (Fsp3) is 0.800. The van der Waals surface area contributed by atoms with Gasteiger partial charge in [0.1, 0.15) is 0 Å². The molecule has 46 valence electrons. The number of rotatable bonds is 1. The van der Waals surface area contributed by atoms with Crippen LogP contribution in [0.25, 0.3) is 0 Å². The molecule has 0 aromatic rings. The SMILES string of the molecule is NCC1CCNC1=O. The standard InChI is InChI=1S/C5H10N2O/c6-3-4-1-2-7-5(4)8/h4H,1-3,6H2,(H,7,8). The summed E-state index contributed by atoms with van der Waals surface area (Å²) in [4.78, 5) is 10.6. The Morgan fingerprint density at radius 1 is 1.88 bits per heavy atom. The second-order valence-corrected chi connectivity index (χ2v) is 2.01. The van der Waals surface area contributed by atoms with Crippen molar-refractivity contribution in [1.29, 1.82) is 0 Å². The molecular weight excluding hydrogens is 104 g/mol. The van der Waals surface area contributed by atoms with E-state index in [9.17, 15) is 4.79 Å². The van der Waals surface area contributed by atoms with E-state index in [4.69, 9.17) is 5.73 Å². The highest BCUT2D eigenvalue weighted by molar-refractivity contribution is 5.80. The maximum atomic E-state index is 10.6. The van der Waals surface area contributed by atoms with Crippen molar-refractivity contribution in [2.24, 2.45) is 11.7 Å². The van der Waals surface area contributed by atoms with Gasteiger partial charge >= 0.3 is 0 Å². The zero-order valence-electron chi connectivity index (χ0n) is 4.68. The molecule has 1 amide bonds. The van der Waals surface area contributed by atoms with Crippen LogP contribution in [0.15, 0.2) is 0 Å². The lowest BCUT2D eigenvalue weighted by atomic mass is 10.1. The van der Waals surface area contributed by atoms with E-state index in [2.05, 4.69) is 5.32 Å². The Bertz CT molecular complexity index is 103. The highest BCUT2D eigenvalue weighted by atomic mass is 16.2. The minimum absolute atomic E-state index is 0.0926. The van der Waals surface area contributed by atoms with Gasteiger partial charge in [0.2, 0.25) is 5.91 Å². The summed E-state index contributed by atoms with van der Waals surface area (Å²) in [5.74, 6) is 0.211. The summed E-state index contributed by atoms with van der Waals surface area (Å²) in [6, 6.07) is 0. The van der Waals surface area contributed by atoms with Crippen LogP contribution in [0, 0.1) is 5.92 Å². The van der Waals surface area contributed by atoms with Gasteiger partial charge in [0, 0.05) is 13.1 Å². The van der Waals surface area contributed by atoms with Gasteiger partial charge in [-0.25, -0.2) is 0 Å². The Morgan fingerprint density at radius 3 is 2.88 bits per heavy atom. The molecule has 8 heavy (non-hydrogen) atoms. The molecule has 0 aliphatic carbocycles. The topological polar surface area (TPSA) is 55.1 Å². The van der Waals surface area contributed by atoms with Crippen molar-refractivity contribution in [2.75, 3.05) is 13.1 Å². The van der Waals surface area contributed by atoms with Crippen LogP contribution < -0.4 is 11.1 Å². The minimum Gasteiger partial charge on any atom is -0.356 e. The van der Waals surface area contributed by atoms with Gasteiger partial charge in [-0.05, 0) is 6.42 Å². The van der Waals surface area contributed by atoms with Crippen molar-refractivity contribution >= 4 is 5.91 Å². The third-order valence-corrected chi connectivity index (χ3v) is 1.45. The van der Waals surface area contributed by atoms with Gasteiger partial charge in [-0.1, -0.05) is 0 Å².